The Morgan fingerprint density at radius 3 is 2.50 bits per heavy atom. The fourth-order valence-corrected chi connectivity index (χ4v) is 2.42. The van der Waals surface area contributed by atoms with Gasteiger partial charge in [-0.2, -0.15) is 0 Å². The first kappa shape index (κ1) is 15.2. The highest BCUT2D eigenvalue weighted by atomic mass is 35.5. The first-order chi connectivity index (χ1) is 9.60. The zero-order valence-electron chi connectivity index (χ0n) is 10.9. The van der Waals surface area contributed by atoms with Crippen LogP contribution in [0.25, 0.3) is 0 Å². The van der Waals surface area contributed by atoms with Crippen LogP contribution in [-0.4, -0.2) is 11.2 Å². The highest BCUT2D eigenvalue weighted by Crippen LogP contribution is 2.22. The lowest BCUT2D eigenvalue weighted by atomic mass is 10.1. The third-order valence-corrected chi connectivity index (χ3v) is 4.12. The van der Waals surface area contributed by atoms with Gasteiger partial charge in [0, 0.05) is 21.0 Å². The summed E-state index contributed by atoms with van der Waals surface area (Å²) < 4.78 is 5.71. The number of hydrogen-bond donors (Lipinski definition) is 1. The molecule has 2 aromatic rings. The van der Waals surface area contributed by atoms with Gasteiger partial charge in [0.2, 0.25) is 0 Å². The molecule has 0 aliphatic rings. The third kappa shape index (κ3) is 3.88. The van der Waals surface area contributed by atoms with E-state index in [1.807, 2.05) is 42.7 Å². The first-order valence-corrected chi connectivity index (χ1v) is 7.96. The topological polar surface area (TPSA) is 35.2 Å². The van der Waals surface area contributed by atoms with Gasteiger partial charge in [0.15, 0.2) is 0 Å². The quantitative estimate of drug-likeness (QED) is 0.658. The monoisotopic (exact) mass is 323 g/mol. The van der Waals surface area contributed by atoms with E-state index in [0.29, 0.717) is 16.6 Å². The molecule has 0 aliphatic heterocycles. The van der Waals surface area contributed by atoms with Gasteiger partial charge in [-0.3, -0.25) is 0 Å². The second-order valence-electron chi connectivity index (χ2n) is 4.13. The standard InChI is InChI=1S/C15H14ClNOS2/c1-20-13-6-4-12(5-7-13)18-9-11-3-2-10(15(17)19)8-14(11)16/h2-8H,9H2,1H3,(H2,17,19). The van der Waals surface area contributed by atoms with E-state index in [-0.39, 0.29) is 0 Å². The summed E-state index contributed by atoms with van der Waals surface area (Å²) in [5, 5.41) is 0.607. The Morgan fingerprint density at radius 1 is 1.25 bits per heavy atom. The van der Waals surface area contributed by atoms with Gasteiger partial charge in [-0.1, -0.05) is 36.0 Å². The number of thioether (sulfide) groups is 1. The maximum Gasteiger partial charge on any atom is 0.119 e. The zero-order chi connectivity index (χ0) is 14.5. The maximum absolute atomic E-state index is 6.19. The lowest BCUT2D eigenvalue weighted by Crippen LogP contribution is -2.09. The summed E-state index contributed by atoms with van der Waals surface area (Å²) in [6.07, 6.45) is 2.04. The van der Waals surface area contributed by atoms with E-state index in [1.165, 1.54) is 4.90 Å². The van der Waals surface area contributed by atoms with Crippen molar-refractivity contribution in [3.05, 3.63) is 58.6 Å². The summed E-state index contributed by atoms with van der Waals surface area (Å²) in [6, 6.07) is 13.4. The van der Waals surface area contributed by atoms with Crippen molar-refractivity contribution in [2.24, 2.45) is 5.73 Å². The predicted octanol–water partition coefficient (Wildman–Crippen LogP) is 4.28. The van der Waals surface area contributed by atoms with E-state index >= 15 is 0 Å². The number of thiocarbonyl (C=S) groups is 1. The molecule has 2 N–H and O–H groups in total. The van der Waals surface area contributed by atoms with Crippen LogP contribution < -0.4 is 10.5 Å². The molecule has 0 heterocycles. The molecule has 0 spiro atoms. The molecule has 0 fully saturated rings. The molecular formula is C15H14ClNOS2. The average Bonchev–Trinajstić information content (AvgIpc) is 2.46. The van der Waals surface area contributed by atoms with Crippen LogP contribution in [0.3, 0.4) is 0 Å². The SMILES string of the molecule is CSc1ccc(OCc2ccc(C(N)=S)cc2Cl)cc1. The van der Waals surface area contributed by atoms with Crippen molar-refractivity contribution in [2.45, 2.75) is 11.5 Å². The van der Waals surface area contributed by atoms with Crippen molar-refractivity contribution in [3.8, 4) is 5.75 Å². The highest BCUT2D eigenvalue weighted by Gasteiger charge is 2.05. The number of halogens is 1. The van der Waals surface area contributed by atoms with Crippen LogP contribution in [0, 0.1) is 0 Å². The van der Waals surface area contributed by atoms with E-state index < -0.39 is 0 Å². The smallest absolute Gasteiger partial charge is 0.119 e. The lowest BCUT2D eigenvalue weighted by Gasteiger charge is -2.09. The van der Waals surface area contributed by atoms with Crippen molar-refractivity contribution in [1.82, 2.24) is 0 Å². The minimum atomic E-state index is 0.340. The molecule has 0 unspecified atom stereocenters. The maximum atomic E-state index is 6.19. The minimum absolute atomic E-state index is 0.340. The summed E-state index contributed by atoms with van der Waals surface area (Å²) in [7, 11) is 0. The van der Waals surface area contributed by atoms with Crippen LogP contribution >= 0.6 is 35.6 Å². The van der Waals surface area contributed by atoms with Crippen molar-refractivity contribution in [3.63, 3.8) is 0 Å². The van der Waals surface area contributed by atoms with Gasteiger partial charge in [0.05, 0.1) is 0 Å². The number of rotatable bonds is 5. The molecule has 20 heavy (non-hydrogen) atoms. The van der Waals surface area contributed by atoms with Crippen molar-refractivity contribution in [2.75, 3.05) is 6.26 Å². The third-order valence-electron chi connectivity index (χ3n) is 2.79. The van der Waals surface area contributed by atoms with Crippen molar-refractivity contribution < 1.29 is 4.74 Å². The summed E-state index contributed by atoms with van der Waals surface area (Å²) in [4.78, 5) is 1.54. The molecule has 0 aliphatic carbocycles. The Kier molecular flexibility index (Phi) is 5.29. The van der Waals surface area contributed by atoms with Gasteiger partial charge in [0.25, 0.3) is 0 Å². The van der Waals surface area contributed by atoms with Gasteiger partial charge in [-0.15, -0.1) is 11.8 Å². The normalized spacial score (nSPS) is 10.3. The van der Waals surface area contributed by atoms with Crippen LogP contribution in [0.2, 0.25) is 5.02 Å². The highest BCUT2D eigenvalue weighted by molar-refractivity contribution is 7.98. The van der Waals surface area contributed by atoms with Crippen LogP contribution in [0.1, 0.15) is 11.1 Å². The predicted molar refractivity (Wildman–Crippen MR) is 89.9 cm³/mol. The second-order valence-corrected chi connectivity index (χ2v) is 5.86. The van der Waals surface area contributed by atoms with Crippen molar-refractivity contribution >= 4 is 40.6 Å². The zero-order valence-corrected chi connectivity index (χ0v) is 13.3. The summed E-state index contributed by atoms with van der Waals surface area (Å²) in [6.45, 7) is 0.412. The Labute approximate surface area is 133 Å². The second kappa shape index (κ2) is 6.97. The number of hydrogen-bond acceptors (Lipinski definition) is 3. The number of benzene rings is 2. The van der Waals surface area contributed by atoms with Gasteiger partial charge >= 0.3 is 0 Å². The molecule has 0 aromatic heterocycles. The van der Waals surface area contributed by atoms with Gasteiger partial charge in [-0.05, 0) is 36.6 Å². The molecule has 0 amide bonds. The molecule has 2 rings (SSSR count). The van der Waals surface area contributed by atoms with Gasteiger partial charge in [0.1, 0.15) is 17.3 Å². The van der Waals surface area contributed by atoms with E-state index in [4.69, 9.17) is 34.3 Å². The molecule has 2 aromatic carbocycles. The van der Waals surface area contributed by atoms with E-state index in [9.17, 15) is 0 Å². The molecule has 0 saturated heterocycles. The Morgan fingerprint density at radius 2 is 1.95 bits per heavy atom. The Bertz CT molecular complexity index is 614. The van der Waals surface area contributed by atoms with Crippen LogP contribution in [-0.2, 0) is 6.61 Å². The summed E-state index contributed by atoms with van der Waals surface area (Å²) in [5.41, 5.74) is 7.23. The Balaban J connectivity index is 2.04. The largest absolute Gasteiger partial charge is 0.489 e. The fraction of sp³-hybridized carbons (Fsp3) is 0.133. The van der Waals surface area contributed by atoms with Crippen LogP contribution in [0.15, 0.2) is 47.4 Å². The average molecular weight is 324 g/mol. The summed E-state index contributed by atoms with van der Waals surface area (Å²) >= 11 is 12.8. The number of nitrogens with two attached hydrogens (primary N) is 1. The fourth-order valence-electron chi connectivity index (χ4n) is 1.65. The molecule has 0 saturated carbocycles. The van der Waals surface area contributed by atoms with Crippen LogP contribution in [0.4, 0.5) is 0 Å². The minimum Gasteiger partial charge on any atom is -0.489 e. The Hall–Kier alpha value is -1.23. The molecule has 0 radical (unpaired) electrons. The molecular weight excluding hydrogens is 310 g/mol. The van der Waals surface area contributed by atoms with Gasteiger partial charge in [-0.25, -0.2) is 0 Å². The van der Waals surface area contributed by atoms with E-state index in [1.54, 1.807) is 17.8 Å². The van der Waals surface area contributed by atoms with Gasteiger partial charge < -0.3 is 10.5 Å². The first-order valence-electron chi connectivity index (χ1n) is 5.95. The van der Waals surface area contributed by atoms with E-state index in [2.05, 4.69) is 0 Å². The molecule has 104 valence electrons. The number of ether oxygens (including phenoxy) is 1. The van der Waals surface area contributed by atoms with E-state index in [0.717, 1.165) is 16.9 Å². The lowest BCUT2D eigenvalue weighted by molar-refractivity contribution is 0.306. The van der Waals surface area contributed by atoms with Crippen LogP contribution in [0.5, 0.6) is 5.75 Å². The molecule has 0 atom stereocenters. The molecule has 0 bridgehead atoms. The molecule has 5 heteroatoms. The van der Waals surface area contributed by atoms with Crippen molar-refractivity contribution in [1.29, 1.82) is 0 Å². The summed E-state index contributed by atoms with van der Waals surface area (Å²) in [5.74, 6) is 0.817. The molecule has 2 nitrogen and oxygen atoms in total.